The molecule has 0 aliphatic carbocycles. The quantitative estimate of drug-likeness (QED) is 0.922. The third-order valence-electron chi connectivity index (χ3n) is 2.71. The number of aromatic nitrogens is 1. The van der Waals surface area contributed by atoms with E-state index in [1.165, 1.54) is 22.4 Å². The van der Waals surface area contributed by atoms with E-state index in [0.29, 0.717) is 0 Å². The molecule has 2 rings (SSSR count). The van der Waals surface area contributed by atoms with Crippen molar-refractivity contribution >= 4 is 21.6 Å². The number of benzene rings is 1. The van der Waals surface area contributed by atoms with Gasteiger partial charge in [-0.3, -0.25) is 4.98 Å². The van der Waals surface area contributed by atoms with Gasteiger partial charge in [0, 0.05) is 29.1 Å². The Morgan fingerprint density at radius 2 is 1.88 bits per heavy atom. The Morgan fingerprint density at radius 3 is 2.53 bits per heavy atom. The lowest BCUT2D eigenvalue weighted by atomic mass is 10.1. The van der Waals surface area contributed by atoms with E-state index in [9.17, 15) is 0 Å². The van der Waals surface area contributed by atoms with Gasteiger partial charge in [-0.15, -0.1) is 0 Å². The number of hydrogen-bond acceptors (Lipinski definition) is 2. The number of pyridine rings is 1. The zero-order chi connectivity index (χ0) is 12.3. The molecule has 17 heavy (non-hydrogen) atoms. The second-order valence-corrected chi connectivity index (χ2v) is 5.05. The SMILES string of the molecule is Cc1cccc(C)c1NCc1cncc(Br)c1. The Balaban J connectivity index is 2.13. The van der Waals surface area contributed by atoms with Crippen molar-refractivity contribution in [3.8, 4) is 0 Å². The molecule has 0 saturated heterocycles. The van der Waals surface area contributed by atoms with E-state index in [-0.39, 0.29) is 0 Å². The molecular weight excluding hydrogens is 276 g/mol. The van der Waals surface area contributed by atoms with Gasteiger partial charge < -0.3 is 5.32 Å². The summed E-state index contributed by atoms with van der Waals surface area (Å²) < 4.78 is 1.01. The Labute approximate surface area is 110 Å². The van der Waals surface area contributed by atoms with Gasteiger partial charge in [0.15, 0.2) is 0 Å². The van der Waals surface area contributed by atoms with Crippen molar-refractivity contribution in [1.29, 1.82) is 0 Å². The number of anilines is 1. The summed E-state index contributed by atoms with van der Waals surface area (Å²) in [6.45, 7) is 5.03. The Hall–Kier alpha value is -1.35. The van der Waals surface area contributed by atoms with Crippen LogP contribution < -0.4 is 5.32 Å². The molecule has 0 atom stereocenters. The first-order chi connectivity index (χ1) is 8.16. The zero-order valence-electron chi connectivity index (χ0n) is 10.00. The Kier molecular flexibility index (Phi) is 3.79. The monoisotopic (exact) mass is 290 g/mol. The van der Waals surface area contributed by atoms with Crippen LogP contribution in [0.5, 0.6) is 0 Å². The number of halogens is 1. The maximum atomic E-state index is 4.15. The van der Waals surface area contributed by atoms with Crippen LogP contribution in [-0.4, -0.2) is 4.98 Å². The summed E-state index contributed by atoms with van der Waals surface area (Å²) in [6.07, 6.45) is 3.67. The molecule has 1 aromatic carbocycles. The molecule has 0 bridgehead atoms. The molecule has 0 saturated carbocycles. The molecule has 88 valence electrons. The van der Waals surface area contributed by atoms with Gasteiger partial charge in [0.25, 0.3) is 0 Å². The number of nitrogens with zero attached hydrogens (tertiary/aromatic N) is 1. The van der Waals surface area contributed by atoms with E-state index in [1.807, 2.05) is 6.20 Å². The first-order valence-electron chi connectivity index (χ1n) is 5.56. The first-order valence-corrected chi connectivity index (χ1v) is 6.35. The molecule has 2 aromatic rings. The lowest BCUT2D eigenvalue weighted by Crippen LogP contribution is -2.03. The van der Waals surface area contributed by atoms with Crippen molar-refractivity contribution in [3.05, 3.63) is 57.8 Å². The highest BCUT2D eigenvalue weighted by molar-refractivity contribution is 9.10. The van der Waals surface area contributed by atoms with Crippen LogP contribution in [0.3, 0.4) is 0 Å². The van der Waals surface area contributed by atoms with Crippen LogP contribution in [0.4, 0.5) is 5.69 Å². The Bertz CT molecular complexity index is 503. The fourth-order valence-electron chi connectivity index (χ4n) is 1.84. The highest BCUT2D eigenvalue weighted by Gasteiger charge is 2.01. The zero-order valence-corrected chi connectivity index (χ0v) is 11.6. The highest BCUT2D eigenvalue weighted by Crippen LogP contribution is 2.20. The number of rotatable bonds is 3. The van der Waals surface area contributed by atoms with Gasteiger partial charge in [-0.25, -0.2) is 0 Å². The standard InChI is InChI=1S/C14H15BrN2/c1-10-4-3-5-11(2)14(10)17-8-12-6-13(15)9-16-7-12/h3-7,9,17H,8H2,1-2H3. The van der Waals surface area contributed by atoms with E-state index in [1.54, 1.807) is 6.20 Å². The lowest BCUT2D eigenvalue weighted by molar-refractivity contribution is 1.09. The summed E-state index contributed by atoms with van der Waals surface area (Å²) in [5, 5.41) is 3.46. The second-order valence-electron chi connectivity index (χ2n) is 4.13. The number of para-hydroxylation sites is 1. The van der Waals surface area contributed by atoms with Crippen molar-refractivity contribution in [1.82, 2.24) is 4.98 Å². The number of hydrogen-bond donors (Lipinski definition) is 1. The predicted octanol–water partition coefficient (Wildman–Crippen LogP) is 4.07. The van der Waals surface area contributed by atoms with Crippen LogP contribution in [-0.2, 0) is 6.54 Å². The minimum atomic E-state index is 0.790. The summed E-state index contributed by atoms with van der Waals surface area (Å²) in [4.78, 5) is 4.15. The molecule has 0 aliphatic rings. The molecule has 0 aliphatic heterocycles. The minimum Gasteiger partial charge on any atom is -0.380 e. The largest absolute Gasteiger partial charge is 0.380 e. The number of aryl methyl sites for hydroxylation is 2. The van der Waals surface area contributed by atoms with Gasteiger partial charge in [-0.1, -0.05) is 18.2 Å². The maximum absolute atomic E-state index is 4.15. The van der Waals surface area contributed by atoms with E-state index in [2.05, 4.69) is 64.3 Å². The van der Waals surface area contributed by atoms with Crippen molar-refractivity contribution in [3.63, 3.8) is 0 Å². The van der Waals surface area contributed by atoms with Crippen LogP contribution in [0, 0.1) is 13.8 Å². The fourth-order valence-corrected chi connectivity index (χ4v) is 2.25. The third-order valence-corrected chi connectivity index (χ3v) is 3.15. The average molecular weight is 291 g/mol. The summed E-state index contributed by atoms with van der Waals surface area (Å²) in [5.74, 6) is 0. The van der Waals surface area contributed by atoms with Gasteiger partial charge in [0.05, 0.1) is 0 Å². The average Bonchev–Trinajstić information content (AvgIpc) is 2.28. The highest BCUT2D eigenvalue weighted by atomic mass is 79.9. The molecule has 3 heteroatoms. The van der Waals surface area contributed by atoms with Crippen molar-refractivity contribution in [2.45, 2.75) is 20.4 Å². The van der Waals surface area contributed by atoms with Crippen LogP contribution in [0.2, 0.25) is 0 Å². The fraction of sp³-hybridized carbons (Fsp3) is 0.214. The summed E-state index contributed by atoms with van der Waals surface area (Å²) in [5.41, 5.74) is 4.93. The second kappa shape index (κ2) is 5.32. The van der Waals surface area contributed by atoms with E-state index < -0.39 is 0 Å². The van der Waals surface area contributed by atoms with Gasteiger partial charge >= 0.3 is 0 Å². The third kappa shape index (κ3) is 3.07. The van der Waals surface area contributed by atoms with Crippen molar-refractivity contribution in [2.24, 2.45) is 0 Å². The lowest BCUT2D eigenvalue weighted by Gasteiger charge is -2.12. The maximum Gasteiger partial charge on any atom is 0.0416 e. The van der Waals surface area contributed by atoms with E-state index in [4.69, 9.17) is 0 Å². The molecule has 0 fully saturated rings. The van der Waals surface area contributed by atoms with Crippen molar-refractivity contribution < 1.29 is 0 Å². The van der Waals surface area contributed by atoms with E-state index >= 15 is 0 Å². The van der Waals surface area contributed by atoms with Gasteiger partial charge in [0.2, 0.25) is 0 Å². The molecule has 0 amide bonds. The summed E-state index contributed by atoms with van der Waals surface area (Å²) in [6, 6.07) is 8.40. The van der Waals surface area contributed by atoms with Crippen LogP contribution >= 0.6 is 15.9 Å². The topological polar surface area (TPSA) is 24.9 Å². The normalized spacial score (nSPS) is 10.3. The van der Waals surface area contributed by atoms with Crippen molar-refractivity contribution in [2.75, 3.05) is 5.32 Å². The van der Waals surface area contributed by atoms with E-state index in [0.717, 1.165) is 11.0 Å². The van der Waals surface area contributed by atoms with Crippen LogP contribution in [0.1, 0.15) is 16.7 Å². The summed E-state index contributed by atoms with van der Waals surface area (Å²) in [7, 11) is 0. The molecule has 0 spiro atoms. The Morgan fingerprint density at radius 1 is 1.18 bits per heavy atom. The summed E-state index contributed by atoms with van der Waals surface area (Å²) >= 11 is 3.43. The molecule has 1 N–H and O–H groups in total. The smallest absolute Gasteiger partial charge is 0.0416 e. The number of nitrogens with one attached hydrogen (secondary N) is 1. The first kappa shape index (κ1) is 12.1. The molecule has 0 unspecified atom stereocenters. The predicted molar refractivity (Wildman–Crippen MR) is 75.2 cm³/mol. The minimum absolute atomic E-state index is 0.790. The van der Waals surface area contributed by atoms with Gasteiger partial charge in [-0.05, 0) is 52.5 Å². The van der Waals surface area contributed by atoms with Gasteiger partial charge in [0.1, 0.15) is 0 Å². The molecular formula is C14H15BrN2. The van der Waals surface area contributed by atoms with Gasteiger partial charge in [-0.2, -0.15) is 0 Å². The molecule has 0 radical (unpaired) electrons. The molecule has 1 heterocycles. The van der Waals surface area contributed by atoms with Crippen LogP contribution in [0.15, 0.2) is 41.1 Å². The molecule has 1 aromatic heterocycles. The molecule has 2 nitrogen and oxygen atoms in total. The van der Waals surface area contributed by atoms with Crippen LogP contribution in [0.25, 0.3) is 0 Å².